The summed E-state index contributed by atoms with van der Waals surface area (Å²) in [6.07, 6.45) is 0. The molecule has 0 heterocycles. The van der Waals surface area contributed by atoms with Crippen LogP contribution < -0.4 is 5.32 Å². The van der Waals surface area contributed by atoms with Gasteiger partial charge < -0.3 is 10.2 Å². The van der Waals surface area contributed by atoms with Gasteiger partial charge in [0.15, 0.2) is 0 Å². The van der Waals surface area contributed by atoms with Gasteiger partial charge in [0, 0.05) is 30.4 Å². The van der Waals surface area contributed by atoms with Gasteiger partial charge in [-0.15, -0.1) is 0 Å². The Kier molecular flexibility index (Phi) is 4.90. The number of nitrogens with zero attached hydrogens (tertiary/aromatic N) is 2. The topological polar surface area (TPSA) is 58.4 Å². The Balaban J connectivity index is 2.56. The summed E-state index contributed by atoms with van der Waals surface area (Å²) in [5.74, 6) is 0. The third-order valence-electron chi connectivity index (χ3n) is 2.76. The molecule has 0 aromatic heterocycles. The zero-order valence-corrected chi connectivity index (χ0v) is 10.6. The van der Waals surface area contributed by atoms with Gasteiger partial charge in [-0.05, 0) is 32.6 Å². The molecule has 0 amide bonds. The van der Waals surface area contributed by atoms with Gasteiger partial charge in [-0.2, -0.15) is 0 Å². The molecule has 0 unspecified atom stereocenters. The predicted octanol–water partition coefficient (Wildman–Crippen LogP) is 2.27. The highest BCUT2D eigenvalue weighted by Crippen LogP contribution is 2.21. The molecule has 0 fully saturated rings. The molecule has 0 atom stereocenters. The molecule has 0 bridgehead atoms. The van der Waals surface area contributed by atoms with E-state index in [1.807, 2.05) is 6.07 Å². The summed E-state index contributed by atoms with van der Waals surface area (Å²) in [6, 6.07) is 5.10. The summed E-state index contributed by atoms with van der Waals surface area (Å²) >= 11 is 0. The molecule has 5 nitrogen and oxygen atoms in total. The van der Waals surface area contributed by atoms with Crippen LogP contribution in [0.5, 0.6) is 0 Å². The minimum absolute atomic E-state index is 0.168. The molecule has 1 N–H and O–H groups in total. The smallest absolute Gasteiger partial charge is 0.272 e. The lowest BCUT2D eigenvalue weighted by molar-refractivity contribution is -0.385. The molecular formula is C12H19N3O2. The van der Waals surface area contributed by atoms with E-state index in [4.69, 9.17) is 0 Å². The number of hydrogen-bond acceptors (Lipinski definition) is 4. The molecule has 0 radical (unpaired) electrons. The van der Waals surface area contributed by atoms with Crippen molar-refractivity contribution < 1.29 is 4.92 Å². The van der Waals surface area contributed by atoms with Gasteiger partial charge in [0.1, 0.15) is 0 Å². The number of nitro groups is 1. The average Bonchev–Trinajstić information content (AvgIpc) is 2.28. The summed E-state index contributed by atoms with van der Waals surface area (Å²) in [5.41, 5.74) is 1.78. The third-order valence-corrected chi connectivity index (χ3v) is 2.76. The van der Waals surface area contributed by atoms with Crippen molar-refractivity contribution >= 4 is 11.4 Å². The summed E-state index contributed by atoms with van der Waals surface area (Å²) in [7, 11) is 2.06. The second-order valence-electron chi connectivity index (χ2n) is 4.08. The van der Waals surface area contributed by atoms with Crippen molar-refractivity contribution in [2.75, 3.05) is 32.0 Å². The Morgan fingerprint density at radius 2 is 2.18 bits per heavy atom. The number of rotatable bonds is 6. The van der Waals surface area contributed by atoms with Crippen LogP contribution in [0.4, 0.5) is 11.4 Å². The largest absolute Gasteiger partial charge is 0.384 e. The zero-order chi connectivity index (χ0) is 12.8. The van der Waals surface area contributed by atoms with Crippen LogP contribution in [-0.4, -0.2) is 36.5 Å². The van der Waals surface area contributed by atoms with Crippen LogP contribution in [0.3, 0.4) is 0 Å². The highest BCUT2D eigenvalue weighted by Gasteiger charge is 2.09. The third kappa shape index (κ3) is 4.03. The fourth-order valence-electron chi connectivity index (χ4n) is 1.52. The van der Waals surface area contributed by atoms with Crippen molar-refractivity contribution in [3.8, 4) is 0 Å². The Morgan fingerprint density at radius 3 is 2.71 bits per heavy atom. The van der Waals surface area contributed by atoms with Crippen molar-refractivity contribution in [1.82, 2.24) is 4.90 Å². The fraction of sp³-hybridized carbons (Fsp3) is 0.500. The first-order chi connectivity index (χ1) is 8.04. The molecule has 17 heavy (non-hydrogen) atoms. The summed E-state index contributed by atoms with van der Waals surface area (Å²) < 4.78 is 0. The van der Waals surface area contributed by atoms with E-state index in [2.05, 4.69) is 24.2 Å². The Hall–Kier alpha value is -1.62. The minimum Gasteiger partial charge on any atom is -0.384 e. The molecule has 0 spiro atoms. The molecule has 0 aliphatic carbocycles. The normalized spacial score (nSPS) is 10.6. The van der Waals surface area contributed by atoms with E-state index in [0.29, 0.717) is 5.56 Å². The van der Waals surface area contributed by atoms with Crippen LogP contribution in [0.1, 0.15) is 12.5 Å². The van der Waals surface area contributed by atoms with Gasteiger partial charge in [-0.1, -0.05) is 6.92 Å². The summed E-state index contributed by atoms with van der Waals surface area (Å²) in [4.78, 5) is 12.5. The SMILES string of the molecule is CCN(C)CCNc1ccc([N+](=O)[O-])c(C)c1. The molecule has 94 valence electrons. The summed E-state index contributed by atoms with van der Waals surface area (Å²) in [6.45, 7) is 6.66. The highest BCUT2D eigenvalue weighted by molar-refractivity contribution is 5.53. The van der Waals surface area contributed by atoms with Crippen molar-refractivity contribution in [1.29, 1.82) is 0 Å². The number of likely N-dealkylation sites (N-methyl/N-ethyl adjacent to an activating group) is 1. The molecule has 1 aromatic rings. The fourth-order valence-corrected chi connectivity index (χ4v) is 1.52. The van der Waals surface area contributed by atoms with Crippen molar-refractivity contribution in [3.63, 3.8) is 0 Å². The first kappa shape index (κ1) is 13.4. The van der Waals surface area contributed by atoms with E-state index in [-0.39, 0.29) is 10.6 Å². The molecule has 1 rings (SSSR count). The molecule has 5 heteroatoms. The van der Waals surface area contributed by atoms with E-state index in [0.717, 1.165) is 25.3 Å². The molecule has 1 aromatic carbocycles. The quantitative estimate of drug-likeness (QED) is 0.609. The second-order valence-corrected chi connectivity index (χ2v) is 4.08. The standard InChI is InChI=1S/C12H19N3O2/c1-4-14(3)8-7-13-11-5-6-12(15(16)17)10(2)9-11/h5-6,9,13H,4,7-8H2,1-3H3. The first-order valence-corrected chi connectivity index (χ1v) is 5.72. The lowest BCUT2D eigenvalue weighted by atomic mass is 10.2. The number of anilines is 1. The van der Waals surface area contributed by atoms with Crippen LogP contribution in [0, 0.1) is 17.0 Å². The molecular weight excluding hydrogens is 218 g/mol. The van der Waals surface area contributed by atoms with Gasteiger partial charge in [0.25, 0.3) is 5.69 Å². The molecule has 0 aliphatic rings. The zero-order valence-electron chi connectivity index (χ0n) is 10.6. The predicted molar refractivity (Wildman–Crippen MR) is 69.5 cm³/mol. The van der Waals surface area contributed by atoms with Gasteiger partial charge in [0.05, 0.1) is 4.92 Å². The van der Waals surface area contributed by atoms with Crippen molar-refractivity contribution in [2.45, 2.75) is 13.8 Å². The van der Waals surface area contributed by atoms with Gasteiger partial charge >= 0.3 is 0 Å². The lowest BCUT2D eigenvalue weighted by Crippen LogP contribution is -2.24. The minimum atomic E-state index is -0.357. The van der Waals surface area contributed by atoms with E-state index >= 15 is 0 Å². The first-order valence-electron chi connectivity index (χ1n) is 5.72. The van der Waals surface area contributed by atoms with Crippen LogP contribution in [0.2, 0.25) is 0 Å². The van der Waals surface area contributed by atoms with Crippen LogP contribution in [-0.2, 0) is 0 Å². The molecule has 0 saturated heterocycles. The second kappa shape index (κ2) is 6.20. The number of nitro benzene ring substituents is 1. The highest BCUT2D eigenvalue weighted by atomic mass is 16.6. The van der Waals surface area contributed by atoms with Crippen molar-refractivity contribution in [3.05, 3.63) is 33.9 Å². The average molecular weight is 237 g/mol. The van der Waals surface area contributed by atoms with E-state index < -0.39 is 0 Å². The Morgan fingerprint density at radius 1 is 1.47 bits per heavy atom. The number of aryl methyl sites for hydroxylation is 1. The maximum atomic E-state index is 10.7. The van der Waals surface area contributed by atoms with Gasteiger partial charge in [-0.3, -0.25) is 10.1 Å². The van der Waals surface area contributed by atoms with E-state index in [9.17, 15) is 10.1 Å². The van der Waals surface area contributed by atoms with Crippen molar-refractivity contribution in [2.24, 2.45) is 0 Å². The molecule has 0 aliphatic heterocycles. The Labute approximate surface area is 102 Å². The number of nitrogens with one attached hydrogen (secondary N) is 1. The van der Waals surface area contributed by atoms with E-state index in [1.165, 1.54) is 0 Å². The number of hydrogen-bond donors (Lipinski definition) is 1. The maximum Gasteiger partial charge on any atom is 0.272 e. The lowest BCUT2D eigenvalue weighted by Gasteiger charge is -2.14. The summed E-state index contributed by atoms with van der Waals surface area (Å²) in [5, 5.41) is 13.9. The Bertz CT molecular complexity index is 393. The van der Waals surface area contributed by atoms with Crippen LogP contribution in [0.15, 0.2) is 18.2 Å². The van der Waals surface area contributed by atoms with E-state index in [1.54, 1.807) is 19.1 Å². The van der Waals surface area contributed by atoms with Gasteiger partial charge in [0.2, 0.25) is 0 Å². The number of benzene rings is 1. The van der Waals surface area contributed by atoms with Crippen LogP contribution >= 0.6 is 0 Å². The van der Waals surface area contributed by atoms with Crippen LogP contribution in [0.25, 0.3) is 0 Å². The monoisotopic (exact) mass is 237 g/mol. The molecule has 0 saturated carbocycles. The maximum absolute atomic E-state index is 10.7. The van der Waals surface area contributed by atoms with Gasteiger partial charge in [-0.25, -0.2) is 0 Å².